The number of imidazole rings is 1. The predicted octanol–water partition coefficient (Wildman–Crippen LogP) is 1.21. The number of hydrogen-bond donors (Lipinski definition) is 4. The molecule has 0 unspecified atom stereocenters. The van der Waals surface area contributed by atoms with E-state index in [4.69, 9.17) is 5.11 Å². The fraction of sp³-hybridized carbons (Fsp3) is 0.615. The molecule has 8 heteroatoms. The number of aromatic nitrogens is 2. The molecule has 1 aromatic rings. The lowest BCUT2D eigenvalue weighted by molar-refractivity contribution is -0.137. The van der Waals surface area contributed by atoms with E-state index >= 15 is 0 Å². The fourth-order valence-electron chi connectivity index (χ4n) is 2.48. The number of aromatic amines is 1. The molecule has 0 bridgehead atoms. The number of carbonyl (C=O) groups is 2. The predicted molar refractivity (Wildman–Crippen MR) is 80.2 cm³/mol. The van der Waals surface area contributed by atoms with Crippen LogP contribution in [0.3, 0.4) is 0 Å². The van der Waals surface area contributed by atoms with Gasteiger partial charge in [0.15, 0.2) is 0 Å². The van der Waals surface area contributed by atoms with Gasteiger partial charge in [0.25, 0.3) is 0 Å². The summed E-state index contributed by atoms with van der Waals surface area (Å²) < 4.78 is 0. The molecule has 116 valence electrons. The summed E-state index contributed by atoms with van der Waals surface area (Å²) in [6, 6.07) is 0.440. The SMILES string of the molecule is O=C(O)CCCC[C@@H]1SC[C@@H]2NC(=O)N[C@@H]21.c1c[nH]cn1. The molecule has 2 aliphatic heterocycles. The molecule has 2 saturated heterocycles. The molecule has 2 fully saturated rings. The van der Waals surface area contributed by atoms with Crippen LogP contribution >= 0.6 is 11.8 Å². The van der Waals surface area contributed by atoms with Crippen LogP contribution in [-0.4, -0.2) is 50.2 Å². The Hall–Kier alpha value is -1.70. The van der Waals surface area contributed by atoms with Crippen molar-refractivity contribution in [2.75, 3.05) is 5.75 Å². The van der Waals surface area contributed by atoms with Crippen LogP contribution < -0.4 is 10.6 Å². The van der Waals surface area contributed by atoms with Crippen LogP contribution in [0, 0.1) is 0 Å². The molecule has 0 aliphatic carbocycles. The van der Waals surface area contributed by atoms with Gasteiger partial charge in [0.05, 0.1) is 18.4 Å². The van der Waals surface area contributed by atoms with Crippen LogP contribution in [0.15, 0.2) is 18.7 Å². The van der Waals surface area contributed by atoms with Crippen molar-refractivity contribution in [3.05, 3.63) is 18.7 Å². The second kappa shape index (κ2) is 7.92. The fourth-order valence-corrected chi connectivity index (χ4v) is 4.02. The number of rotatable bonds is 5. The van der Waals surface area contributed by atoms with Crippen LogP contribution in [0.4, 0.5) is 4.79 Å². The van der Waals surface area contributed by atoms with E-state index in [-0.39, 0.29) is 24.5 Å². The van der Waals surface area contributed by atoms with Crippen molar-refractivity contribution in [1.82, 2.24) is 20.6 Å². The number of aliphatic carboxylic acids is 1. The van der Waals surface area contributed by atoms with Crippen LogP contribution in [0.1, 0.15) is 25.7 Å². The molecule has 0 radical (unpaired) electrons. The first-order valence-electron chi connectivity index (χ1n) is 7.00. The molecular weight excluding hydrogens is 292 g/mol. The van der Waals surface area contributed by atoms with Gasteiger partial charge in [-0.25, -0.2) is 9.78 Å². The largest absolute Gasteiger partial charge is 0.481 e. The minimum Gasteiger partial charge on any atom is -0.481 e. The Balaban J connectivity index is 0.000000272. The average molecular weight is 312 g/mol. The number of amides is 2. The van der Waals surface area contributed by atoms with Crippen molar-refractivity contribution < 1.29 is 14.7 Å². The Kier molecular flexibility index (Phi) is 5.91. The number of nitrogens with one attached hydrogen (secondary N) is 3. The number of H-pyrrole nitrogens is 1. The smallest absolute Gasteiger partial charge is 0.315 e. The zero-order valence-corrected chi connectivity index (χ0v) is 12.4. The molecule has 1 aromatic heterocycles. The van der Waals surface area contributed by atoms with Crippen LogP contribution in [0.5, 0.6) is 0 Å². The van der Waals surface area contributed by atoms with Gasteiger partial charge in [0, 0.05) is 29.8 Å². The molecule has 0 aromatic carbocycles. The monoisotopic (exact) mass is 312 g/mol. The second-order valence-electron chi connectivity index (χ2n) is 5.02. The number of nitrogens with zero attached hydrogens (tertiary/aromatic N) is 1. The van der Waals surface area contributed by atoms with Crippen LogP contribution in [-0.2, 0) is 4.79 Å². The summed E-state index contributed by atoms with van der Waals surface area (Å²) in [6.45, 7) is 0. The Labute approximate surface area is 127 Å². The maximum atomic E-state index is 11.1. The normalized spacial score (nSPS) is 26.3. The van der Waals surface area contributed by atoms with Gasteiger partial charge >= 0.3 is 12.0 Å². The summed E-state index contributed by atoms with van der Waals surface area (Å²) in [5.41, 5.74) is 0. The van der Waals surface area contributed by atoms with Crippen molar-refractivity contribution in [2.24, 2.45) is 0 Å². The molecule has 3 atom stereocenters. The summed E-state index contributed by atoms with van der Waals surface area (Å²) in [5.74, 6) is 0.236. The van der Waals surface area contributed by atoms with E-state index in [0.29, 0.717) is 5.25 Å². The number of carboxylic acid groups (broad SMARTS) is 1. The quantitative estimate of drug-likeness (QED) is 0.483. The first kappa shape index (κ1) is 15.7. The van der Waals surface area contributed by atoms with Gasteiger partial charge in [0.2, 0.25) is 0 Å². The Morgan fingerprint density at radius 1 is 1.43 bits per heavy atom. The van der Waals surface area contributed by atoms with E-state index in [2.05, 4.69) is 20.6 Å². The summed E-state index contributed by atoms with van der Waals surface area (Å²) in [4.78, 5) is 27.9. The van der Waals surface area contributed by atoms with Crippen LogP contribution in [0.2, 0.25) is 0 Å². The third-order valence-electron chi connectivity index (χ3n) is 3.47. The highest BCUT2D eigenvalue weighted by Gasteiger charge is 2.42. The number of carboxylic acids is 1. The molecular formula is C13H20N4O3S. The van der Waals surface area contributed by atoms with Crippen molar-refractivity contribution >= 4 is 23.8 Å². The molecule has 0 spiro atoms. The molecule has 4 N–H and O–H groups in total. The number of thioether (sulfide) groups is 1. The van der Waals surface area contributed by atoms with E-state index in [0.717, 1.165) is 25.0 Å². The first-order valence-corrected chi connectivity index (χ1v) is 8.05. The molecule has 2 amide bonds. The minimum atomic E-state index is -0.729. The van der Waals surface area contributed by atoms with Gasteiger partial charge < -0.3 is 20.7 Å². The Bertz CT molecular complexity index is 437. The van der Waals surface area contributed by atoms with Gasteiger partial charge in [-0.3, -0.25) is 4.79 Å². The average Bonchev–Trinajstić information content (AvgIpc) is 3.14. The molecule has 0 saturated carbocycles. The highest BCUT2D eigenvalue weighted by atomic mass is 32.2. The highest BCUT2D eigenvalue weighted by molar-refractivity contribution is 8.00. The standard InChI is InChI=1S/C10H16N2O3S.C3H4N2/c13-8(14)4-2-1-3-7-9-6(5-16-7)11-10(15)12-9;1-2-5-3-4-1/h6-7,9H,1-5H2,(H,13,14)(H2,11,12,15);1-3H,(H,4,5)/t6-,7-,9-;/m0./s1. The lowest BCUT2D eigenvalue weighted by Crippen LogP contribution is -2.36. The lowest BCUT2D eigenvalue weighted by atomic mass is 10.0. The summed E-state index contributed by atoms with van der Waals surface area (Å²) in [5, 5.41) is 14.8. The van der Waals surface area contributed by atoms with Gasteiger partial charge in [-0.05, 0) is 12.8 Å². The zero-order chi connectivity index (χ0) is 15.1. The van der Waals surface area contributed by atoms with Gasteiger partial charge in [0.1, 0.15) is 0 Å². The highest BCUT2D eigenvalue weighted by Crippen LogP contribution is 2.33. The summed E-state index contributed by atoms with van der Waals surface area (Å²) in [6.07, 6.45) is 7.96. The zero-order valence-electron chi connectivity index (χ0n) is 11.6. The van der Waals surface area contributed by atoms with Gasteiger partial charge in [-0.1, -0.05) is 6.42 Å². The molecule has 2 aliphatic rings. The Morgan fingerprint density at radius 2 is 2.29 bits per heavy atom. The van der Waals surface area contributed by atoms with Crippen molar-refractivity contribution in [2.45, 2.75) is 43.0 Å². The number of urea groups is 1. The van der Waals surface area contributed by atoms with Crippen LogP contribution in [0.25, 0.3) is 0 Å². The molecule has 7 nitrogen and oxygen atoms in total. The molecule has 3 heterocycles. The summed E-state index contributed by atoms with van der Waals surface area (Å²) in [7, 11) is 0. The maximum absolute atomic E-state index is 11.1. The van der Waals surface area contributed by atoms with Crippen molar-refractivity contribution in [1.29, 1.82) is 0 Å². The number of fused-ring (bicyclic) bond motifs is 1. The van der Waals surface area contributed by atoms with Crippen molar-refractivity contribution in [3.63, 3.8) is 0 Å². The van der Waals surface area contributed by atoms with Gasteiger partial charge in [-0.2, -0.15) is 11.8 Å². The topological polar surface area (TPSA) is 107 Å². The van der Waals surface area contributed by atoms with E-state index < -0.39 is 5.97 Å². The maximum Gasteiger partial charge on any atom is 0.315 e. The Morgan fingerprint density at radius 3 is 2.90 bits per heavy atom. The van der Waals surface area contributed by atoms with Gasteiger partial charge in [-0.15, -0.1) is 0 Å². The summed E-state index contributed by atoms with van der Waals surface area (Å²) >= 11 is 1.87. The van der Waals surface area contributed by atoms with Crippen molar-refractivity contribution in [3.8, 4) is 0 Å². The third-order valence-corrected chi connectivity index (χ3v) is 4.98. The van der Waals surface area contributed by atoms with E-state index in [1.807, 2.05) is 11.8 Å². The number of hydrogen-bond acceptors (Lipinski definition) is 4. The number of carbonyl (C=O) groups excluding carboxylic acids is 1. The second-order valence-corrected chi connectivity index (χ2v) is 6.29. The molecule has 3 rings (SSSR count). The van der Waals surface area contributed by atoms with E-state index in [1.165, 1.54) is 0 Å². The first-order chi connectivity index (χ1) is 10.2. The lowest BCUT2D eigenvalue weighted by Gasteiger charge is -2.16. The number of unbranched alkanes of at least 4 members (excludes halogenated alkanes) is 1. The van der Waals surface area contributed by atoms with E-state index in [9.17, 15) is 9.59 Å². The molecule has 21 heavy (non-hydrogen) atoms. The third kappa shape index (κ3) is 4.96. The van der Waals surface area contributed by atoms with E-state index in [1.54, 1.807) is 18.7 Å². The minimum absolute atomic E-state index is 0.0640.